The maximum absolute atomic E-state index is 5.67. The maximum Gasteiger partial charge on any atom is 0.174 e. The van der Waals surface area contributed by atoms with E-state index in [0.717, 1.165) is 22.8 Å². The standard InChI is InChI=1S/C11H16N4O2/c1-7-11(8(2)15(3)13-7)16-6-10-4-9(5-12)14-17-10/h4H,5-6,12H2,1-3H3. The largest absolute Gasteiger partial charge is 0.482 e. The number of hydrogen-bond acceptors (Lipinski definition) is 5. The van der Waals surface area contributed by atoms with Crippen LogP contribution in [0.5, 0.6) is 5.75 Å². The molecule has 0 aliphatic carbocycles. The second-order valence-electron chi connectivity index (χ2n) is 3.90. The van der Waals surface area contributed by atoms with E-state index >= 15 is 0 Å². The highest BCUT2D eigenvalue weighted by atomic mass is 16.5. The monoisotopic (exact) mass is 236 g/mol. The third kappa shape index (κ3) is 2.31. The molecule has 0 unspecified atom stereocenters. The molecule has 0 saturated heterocycles. The van der Waals surface area contributed by atoms with Gasteiger partial charge < -0.3 is 15.0 Å². The van der Waals surface area contributed by atoms with E-state index in [1.54, 1.807) is 10.7 Å². The van der Waals surface area contributed by atoms with Crippen molar-refractivity contribution in [3.63, 3.8) is 0 Å². The Labute approximate surface area is 99.3 Å². The number of hydrogen-bond donors (Lipinski definition) is 1. The molecule has 0 radical (unpaired) electrons. The highest BCUT2D eigenvalue weighted by molar-refractivity contribution is 5.31. The van der Waals surface area contributed by atoms with E-state index in [-0.39, 0.29) is 0 Å². The van der Waals surface area contributed by atoms with Crippen molar-refractivity contribution >= 4 is 0 Å². The lowest BCUT2D eigenvalue weighted by molar-refractivity contribution is 0.246. The molecule has 0 fully saturated rings. The van der Waals surface area contributed by atoms with Crippen molar-refractivity contribution in [2.75, 3.05) is 0 Å². The summed E-state index contributed by atoms with van der Waals surface area (Å²) in [6, 6.07) is 1.79. The molecule has 6 heteroatoms. The number of aromatic nitrogens is 3. The summed E-state index contributed by atoms with van der Waals surface area (Å²) in [6.45, 7) is 4.57. The summed E-state index contributed by atoms with van der Waals surface area (Å²) in [5, 5.41) is 8.07. The minimum absolute atomic E-state index is 0.334. The van der Waals surface area contributed by atoms with Crippen LogP contribution in [0.25, 0.3) is 0 Å². The van der Waals surface area contributed by atoms with Gasteiger partial charge in [0.15, 0.2) is 11.5 Å². The van der Waals surface area contributed by atoms with Crippen LogP contribution < -0.4 is 10.5 Å². The quantitative estimate of drug-likeness (QED) is 0.858. The summed E-state index contributed by atoms with van der Waals surface area (Å²) < 4.78 is 12.5. The summed E-state index contributed by atoms with van der Waals surface area (Å²) in [5.41, 5.74) is 8.02. The van der Waals surface area contributed by atoms with Crippen molar-refractivity contribution < 1.29 is 9.26 Å². The fourth-order valence-electron chi connectivity index (χ4n) is 1.63. The molecule has 2 heterocycles. The zero-order valence-corrected chi connectivity index (χ0v) is 10.2. The molecule has 2 aromatic rings. The van der Waals surface area contributed by atoms with E-state index in [0.29, 0.717) is 18.9 Å². The lowest BCUT2D eigenvalue weighted by atomic mass is 10.3. The Morgan fingerprint density at radius 3 is 2.76 bits per heavy atom. The first-order chi connectivity index (χ1) is 8.11. The molecule has 2 rings (SSSR count). The van der Waals surface area contributed by atoms with Gasteiger partial charge in [-0.1, -0.05) is 5.16 Å². The molecule has 0 aliphatic heterocycles. The van der Waals surface area contributed by atoms with Crippen LogP contribution in [0.3, 0.4) is 0 Å². The lowest BCUT2D eigenvalue weighted by Gasteiger charge is -2.03. The first-order valence-electron chi connectivity index (χ1n) is 5.39. The molecule has 0 atom stereocenters. The summed E-state index contributed by atoms with van der Waals surface area (Å²) in [4.78, 5) is 0. The molecule has 0 aromatic carbocycles. The Kier molecular flexibility index (Phi) is 3.14. The third-order valence-corrected chi connectivity index (χ3v) is 2.62. The molecule has 0 spiro atoms. The van der Waals surface area contributed by atoms with Gasteiger partial charge in [0, 0.05) is 19.7 Å². The predicted molar refractivity (Wildman–Crippen MR) is 61.4 cm³/mol. The van der Waals surface area contributed by atoms with Crippen molar-refractivity contribution in [2.24, 2.45) is 12.8 Å². The average molecular weight is 236 g/mol. The number of ether oxygens (including phenoxy) is 1. The van der Waals surface area contributed by atoms with E-state index in [9.17, 15) is 0 Å². The van der Waals surface area contributed by atoms with Crippen molar-refractivity contribution in [1.29, 1.82) is 0 Å². The molecule has 0 bridgehead atoms. The second-order valence-corrected chi connectivity index (χ2v) is 3.90. The molecular weight excluding hydrogens is 220 g/mol. The first-order valence-corrected chi connectivity index (χ1v) is 5.39. The molecular formula is C11H16N4O2. The minimum Gasteiger partial charge on any atom is -0.482 e. The highest BCUT2D eigenvalue weighted by Crippen LogP contribution is 2.22. The van der Waals surface area contributed by atoms with Crippen LogP contribution in [-0.2, 0) is 20.2 Å². The van der Waals surface area contributed by atoms with Crippen LogP contribution in [0.1, 0.15) is 22.8 Å². The SMILES string of the molecule is Cc1nn(C)c(C)c1OCc1cc(CN)no1. The van der Waals surface area contributed by atoms with E-state index in [2.05, 4.69) is 10.3 Å². The highest BCUT2D eigenvalue weighted by Gasteiger charge is 2.12. The van der Waals surface area contributed by atoms with Gasteiger partial charge in [-0.3, -0.25) is 4.68 Å². The minimum atomic E-state index is 0.334. The summed E-state index contributed by atoms with van der Waals surface area (Å²) in [5.74, 6) is 1.45. The summed E-state index contributed by atoms with van der Waals surface area (Å²) in [6.07, 6.45) is 0. The van der Waals surface area contributed by atoms with E-state index in [4.69, 9.17) is 15.0 Å². The molecule has 0 amide bonds. The number of aryl methyl sites for hydroxylation is 2. The topological polar surface area (TPSA) is 79.1 Å². The summed E-state index contributed by atoms with van der Waals surface area (Å²) >= 11 is 0. The molecule has 92 valence electrons. The third-order valence-electron chi connectivity index (χ3n) is 2.62. The Morgan fingerprint density at radius 2 is 2.24 bits per heavy atom. The fourth-order valence-corrected chi connectivity index (χ4v) is 1.63. The van der Waals surface area contributed by atoms with Crippen LogP contribution in [-0.4, -0.2) is 14.9 Å². The van der Waals surface area contributed by atoms with Crippen LogP contribution in [0.2, 0.25) is 0 Å². The van der Waals surface area contributed by atoms with Gasteiger partial charge in [-0.25, -0.2) is 0 Å². The van der Waals surface area contributed by atoms with Gasteiger partial charge in [-0.05, 0) is 13.8 Å². The van der Waals surface area contributed by atoms with Gasteiger partial charge in [-0.2, -0.15) is 5.10 Å². The molecule has 6 nitrogen and oxygen atoms in total. The first kappa shape index (κ1) is 11.7. The molecule has 2 N–H and O–H groups in total. The van der Waals surface area contributed by atoms with E-state index in [1.165, 1.54) is 0 Å². The van der Waals surface area contributed by atoms with Crippen LogP contribution >= 0.6 is 0 Å². The Morgan fingerprint density at radius 1 is 1.47 bits per heavy atom. The Hall–Kier alpha value is -1.82. The molecule has 2 aromatic heterocycles. The number of nitrogens with two attached hydrogens (primary N) is 1. The average Bonchev–Trinajstić information content (AvgIpc) is 2.84. The molecule has 0 aliphatic rings. The van der Waals surface area contributed by atoms with Gasteiger partial charge in [0.25, 0.3) is 0 Å². The van der Waals surface area contributed by atoms with E-state index < -0.39 is 0 Å². The van der Waals surface area contributed by atoms with Crippen molar-refractivity contribution in [3.8, 4) is 5.75 Å². The summed E-state index contributed by atoms with van der Waals surface area (Å²) in [7, 11) is 1.89. The lowest BCUT2D eigenvalue weighted by Crippen LogP contribution is -1.97. The zero-order valence-electron chi connectivity index (χ0n) is 10.2. The predicted octanol–water partition coefficient (Wildman–Crippen LogP) is 1.06. The molecule has 0 saturated carbocycles. The van der Waals surface area contributed by atoms with Gasteiger partial charge in [0.2, 0.25) is 0 Å². The fraction of sp³-hybridized carbons (Fsp3) is 0.455. The zero-order chi connectivity index (χ0) is 12.4. The second kappa shape index (κ2) is 4.58. The van der Waals surface area contributed by atoms with Gasteiger partial charge in [0.1, 0.15) is 12.3 Å². The Bertz CT molecular complexity index is 516. The van der Waals surface area contributed by atoms with Crippen LogP contribution in [0.4, 0.5) is 0 Å². The van der Waals surface area contributed by atoms with Gasteiger partial charge in [-0.15, -0.1) is 0 Å². The van der Waals surface area contributed by atoms with Gasteiger partial charge >= 0.3 is 0 Å². The van der Waals surface area contributed by atoms with Crippen molar-refractivity contribution in [2.45, 2.75) is 27.0 Å². The number of rotatable bonds is 4. The van der Waals surface area contributed by atoms with Gasteiger partial charge in [0.05, 0.1) is 11.4 Å². The molecule has 17 heavy (non-hydrogen) atoms. The maximum atomic E-state index is 5.67. The van der Waals surface area contributed by atoms with Crippen LogP contribution in [0.15, 0.2) is 10.6 Å². The van der Waals surface area contributed by atoms with Crippen molar-refractivity contribution in [3.05, 3.63) is 28.9 Å². The van der Waals surface area contributed by atoms with Crippen molar-refractivity contribution in [1.82, 2.24) is 14.9 Å². The van der Waals surface area contributed by atoms with E-state index in [1.807, 2.05) is 20.9 Å². The van der Waals surface area contributed by atoms with Crippen LogP contribution in [0, 0.1) is 13.8 Å². The normalized spacial score (nSPS) is 10.8. The smallest absolute Gasteiger partial charge is 0.174 e. The number of nitrogens with zero attached hydrogens (tertiary/aromatic N) is 3. The Balaban J connectivity index is 2.07.